The summed E-state index contributed by atoms with van der Waals surface area (Å²) in [7, 11) is 0. The van der Waals surface area contributed by atoms with Crippen LogP contribution in [-0.2, 0) is 10.5 Å². The van der Waals surface area contributed by atoms with Crippen LogP contribution in [0.3, 0.4) is 0 Å². The summed E-state index contributed by atoms with van der Waals surface area (Å²) in [5, 5.41) is 9.06. The van der Waals surface area contributed by atoms with Gasteiger partial charge >= 0.3 is 5.97 Å². The summed E-state index contributed by atoms with van der Waals surface area (Å²) >= 11 is 1.73. The van der Waals surface area contributed by atoms with Crippen molar-refractivity contribution in [2.75, 3.05) is 0 Å². The Balaban J connectivity index is 2.57. The minimum atomic E-state index is -1.17. The molecular formula is C14H21NO2S. The van der Waals surface area contributed by atoms with Crippen LogP contribution in [0.5, 0.6) is 0 Å². The van der Waals surface area contributed by atoms with E-state index in [2.05, 4.69) is 12.1 Å². The number of thioether (sulfide) groups is 1. The molecule has 0 unspecified atom stereocenters. The van der Waals surface area contributed by atoms with Crippen LogP contribution in [0.4, 0.5) is 0 Å². The van der Waals surface area contributed by atoms with E-state index in [4.69, 9.17) is 10.8 Å². The van der Waals surface area contributed by atoms with Crippen LogP contribution in [0.15, 0.2) is 30.3 Å². The second-order valence-electron chi connectivity index (χ2n) is 5.43. The van der Waals surface area contributed by atoms with E-state index in [0.29, 0.717) is 6.42 Å². The number of rotatable bonds is 6. The zero-order chi connectivity index (χ0) is 13.8. The lowest BCUT2D eigenvalue weighted by atomic mass is 9.91. The monoisotopic (exact) mass is 267 g/mol. The van der Waals surface area contributed by atoms with Crippen molar-refractivity contribution in [2.45, 2.75) is 43.2 Å². The number of benzene rings is 1. The molecule has 0 aromatic heterocycles. The van der Waals surface area contributed by atoms with Crippen LogP contribution < -0.4 is 5.73 Å². The molecule has 0 aliphatic carbocycles. The molecule has 100 valence electrons. The summed E-state index contributed by atoms with van der Waals surface area (Å²) in [6.07, 6.45) is 0.437. The van der Waals surface area contributed by atoms with Gasteiger partial charge < -0.3 is 10.8 Å². The molecule has 0 saturated carbocycles. The minimum absolute atomic E-state index is 0.169. The molecule has 1 aromatic carbocycles. The van der Waals surface area contributed by atoms with Crippen molar-refractivity contribution in [3.8, 4) is 0 Å². The minimum Gasteiger partial charge on any atom is -0.480 e. The predicted molar refractivity (Wildman–Crippen MR) is 76.7 cm³/mol. The number of nitrogens with two attached hydrogens (primary N) is 1. The fourth-order valence-corrected chi connectivity index (χ4v) is 3.02. The topological polar surface area (TPSA) is 63.3 Å². The molecule has 0 aliphatic heterocycles. The summed E-state index contributed by atoms with van der Waals surface area (Å²) in [5.41, 5.74) is 5.87. The maximum absolute atomic E-state index is 11.0. The fraction of sp³-hybridized carbons (Fsp3) is 0.500. The lowest BCUT2D eigenvalue weighted by molar-refractivity contribution is -0.143. The lowest BCUT2D eigenvalue weighted by Gasteiger charge is -2.31. The number of carboxylic acids is 1. The van der Waals surface area contributed by atoms with Gasteiger partial charge in [0.15, 0.2) is 0 Å². The molecule has 18 heavy (non-hydrogen) atoms. The molecule has 0 spiro atoms. The average Bonchev–Trinajstić information content (AvgIpc) is 2.26. The Kier molecular flexibility index (Phi) is 4.82. The molecule has 0 radical (unpaired) electrons. The van der Waals surface area contributed by atoms with Crippen LogP contribution in [0.1, 0.15) is 32.8 Å². The molecule has 3 N–H and O–H groups in total. The van der Waals surface area contributed by atoms with Gasteiger partial charge in [-0.15, -0.1) is 0 Å². The number of carbonyl (C=O) groups is 1. The summed E-state index contributed by atoms with van der Waals surface area (Å²) in [6, 6.07) is 10.1. The molecule has 0 heterocycles. The van der Waals surface area contributed by atoms with Crippen LogP contribution in [-0.4, -0.2) is 21.4 Å². The Morgan fingerprint density at radius 3 is 2.33 bits per heavy atom. The molecule has 4 heteroatoms. The number of hydrogen-bond acceptors (Lipinski definition) is 3. The van der Waals surface area contributed by atoms with E-state index in [1.807, 2.05) is 32.0 Å². The molecule has 0 saturated heterocycles. The van der Waals surface area contributed by atoms with E-state index in [0.717, 1.165) is 5.75 Å². The third-order valence-electron chi connectivity index (χ3n) is 2.75. The van der Waals surface area contributed by atoms with Gasteiger partial charge in [0, 0.05) is 10.5 Å². The normalized spacial score (nSPS) is 15.1. The maximum Gasteiger partial charge on any atom is 0.323 e. The third-order valence-corrected chi connectivity index (χ3v) is 4.16. The van der Waals surface area contributed by atoms with Crippen LogP contribution in [0.25, 0.3) is 0 Å². The van der Waals surface area contributed by atoms with Gasteiger partial charge in [0.25, 0.3) is 0 Å². The first-order valence-electron chi connectivity index (χ1n) is 5.93. The zero-order valence-electron chi connectivity index (χ0n) is 11.1. The van der Waals surface area contributed by atoms with Crippen LogP contribution in [0, 0.1) is 0 Å². The largest absolute Gasteiger partial charge is 0.480 e. The van der Waals surface area contributed by atoms with E-state index in [-0.39, 0.29) is 4.75 Å². The highest BCUT2D eigenvalue weighted by atomic mass is 32.2. The van der Waals surface area contributed by atoms with E-state index in [9.17, 15) is 4.79 Å². The molecular weight excluding hydrogens is 246 g/mol. The maximum atomic E-state index is 11.0. The van der Waals surface area contributed by atoms with E-state index in [1.54, 1.807) is 18.7 Å². The second-order valence-corrected chi connectivity index (χ2v) is 7.12. The molecule has 0 bridgehead atoms. The molecule has 3 nitrogen and oxygen atoms in total. The Hall–Kier alpha value is -1.00. The van der Waals surface area contributed by atoms with Crippen molar-refractivity contribution < 1.29 is 9.90 Å². The summed E-state index contributed by atoms with van der Waals surface area (Å²) in [4.78, 5) is 11.0. The standard InChI is InChI=1S/C14H21NO2S/c1-13(2,10-14(3,15)12(16)17)18-9-11-7-5-4-6-8-11/h4-8H,9-10,15H2,1-3H3,(H,16,17)/t14-/m1/s1. The average molecular weight is 267 g/mol. The lowest BCUT2D eigenvalue weighted by Crippen LogP contribution is -2.49. The van der Waals surface area contributed by atoms with Crippen molar-refractivity contribution in [1.82, 2.24) is 0 Å². The van der Waals surface area contributed by atoms with Crippen molar-refractivity contribution in [3.63, 3.8) is 0 Å². The van der Waals surface area contributed by atoms with Gasteiger partial charge in [-0.05, 0) is 18.9 Å². The summed E-state index contributed by atoms with van der Waals surface area (Å²) in [6.45, 7) is 5.64. The smallest absolute Gasteiger partial charge is 0.323 e. The molecule has 1 aromatic rings. The highest BCUT2D eigenvalue weighted by Gasteiger charge is 2.35. The van der Waals surface area contributed by atoms with Gasteiger partial charge in [0.05, 0.1) is 0 Å². The second kappa shape index (κ2) is 5.76. The van der Waals surface area contributed by atoms with Gasteiger partial charge in [-0.1, -0.05) is 44.2 Å². The molecule has 0 amide bonds. The Labute approximate surface area is 113 Å². The Morgan fingerprint density at radius 1 is 1.28 bits per heavy atom. The fourth-order valence-electron chi connectivity index (χ4n) is 1.86. The molecule has 1 atom stereocenters. The Morgan fingerprint density at radius 2 is 1.83 bits per heavy atom. The van der Waals surface area contributed by atoms with Gasteiger partial charge in [-0.25, -0.2) is 0 Å². The Bertz CT molecular complexity index is 402. The van der Waals surface area contributed by atoms with Crippen molar-refractivity contribution in [2.24, 2.45) is 5.73 Å². The van der Waals surface area contributed by atoms with Crippen molar-refractivity contribution in [3.05, 3.63) is 35.9 Å². The first kappa shape index (κ1) is 15.1. The van der Waals surface area contributed by atoms with Gasteiger partial charge in [-0.2, -0.15) is 11.8 Å². The van der Waals surface area contributed by atoms with Crippen LogP contribution >= 0.6 is 11.8 Å². The van der Waals surface area contributed by atoms with Gasteiger partial charge in [-0.3, -0.25) is 4.79 Å². The van der Waals surface area contributed by atoms with E-state index in [1.165, 1.54) is 5.56 Å². The van der Waals surface area contributed by atoms with Crippen molar-refractivity contribution >= 4 is 17.7 Å². The zero-order valence-corrected chi connectivity index (χ0v) is 12.0. The van der Waals surface area contributed by atoms with Gasteiger partial charge in [0.1, 0.15) is 5.54 Å². The quantitative estimate of drug-likeness (QED) is 0.832. The summed E-state index contributed by atoms with van der Waals surface area (Å²) in [5.74, 6) is -0.0836. The van der Waals surface area contributed by atoms with Gasteiger partial charge in [0.2, 0.25) is 0 Å². The molecule has 0 fully saturated rings. The van der Waals surface area contributed by atoms with Crippen LogP contribution in [0.2, 0.25) is 0 Å². The van der Waals surface area contributed by atoms with E-state index >= 15 is 0 Å². The summed E-state index contributed by atoms with van der Waals surface area (Å²) < 4.78 is -0.169. The SMILES string of the molecule is CC(C)(C[C@@](C)(N)C(=O)O)SCc1ccccc1. The predicted octanol–water partition coefficient (Wildman–Crippen LogP) is 2.89. The molecule has 0 aliphatic rings. The van der Waals surface area contributed by atoms with Crippen molar-refractivity contribution in [1.29, 1.82) is 0 Å². The first-order chi connectivity index (χ1) is 8.23. The third kappa shape index (κ3) is 4.70. The number of hydrogen-bond donors (Lipinski definition) is 2. The number of carboxylic acid groups (broad SMARTS) is 1. The molecule has 1 rings (SSSR count). The highest BCUT2D eigenvalue weighted by molar-refractivity contribution is 7.99. The van der Waals surface area contributed by atoms with E-state index < -0.39 is 11.5 Å². The highest BCUT2D eigenvalue weighted by Crippen LogP contribution is 2.34. The first-order valence-corrected chi connectivity index (χ1v) is 6.92. The number of aliphatic carboxylic acids is 1.